The number of aliphatic hydroxyl groups excluding tert-OH is 1. The second-order valence-electron chi connectivity index (χ2n) is 5.47. The molecule has 4 rings (SSSR count). The lowest BCUT2D eigenvalue weighted by Gasteiger charge is -2.11. The summed E-state index contributed by atoms with van der Waals surface area (Å²) < 4.78 is 0. The molecule has 134 valence electrons. The smallest absolute Gasteiger partial charge is 0.321 e. The average Bonchev–Trinajstić information content (AvgIpc) is 2.64. The molecule has 0 saturated carbocycles. The van der Waals surface area contributed by atoms with Crippen LogP contribution in [0.2, 0.25) is 0 Å². The third-order valence-electron chi connectivity index (χ3n) is 3.28. The van der Waals surface area contributed by atoms with E-state index in [1.807, 2.05) is 48.6 Å². The Kier molecular flexibility index (Phi) is 10.4. The van der Waals surface area contributed by atoms with E-state index < -0.39 is 18.5 Å². The van der Waals surface area contributed by atoms with E-state index in [4.69, 9.17) is 5.11 Å². The van der Waals surface area contributed by atoms with Crippen LogP contribution in [-0.4, -0.2) is 30.2 Å². The minimum Gasteiger partial charge on any atom is -0.387 e. The maximum atomic E-state index is 10.7. The first kappa shape index (κ1) is 20.4. The van der Waals surface area contributed by atoms with Gasteiger partial charge in [-0.3, -0.25) is 10.1 Å². The first-order chi connectivity index (χ1) is 12.2. The summed E-state index contributed by atoms with van der Waals surface area (Å²) >= 11 is 0. The van der Waals surface area contributed by atoms with Gasteiger partial charge in [-0.15, -0.1) is 0 Å². The molecule has 3 N–H and O–H groups in total. The maximum Gasteiger partial charge on any atom is 0.321 e. The molecule has 0 radical (unpaired) electrons. The van der Waals surface area contributed by atoms with E-state index in [0.29, 0.717) is 6.54 Å². The van der Waals surface area contributed by atoms with Crippen LogP contribution >= 0.6 is 0 Å². The summed E-state index contributed by atoms with van der Waals surface area (Å²) in [5.74, 6) is -0.691. The molecule has 2 aromatic carbocycles. The summed E-state index contributed by atoms with van der Waals surface area (Å²) in [7, 11) is 0. The molecule has 2 aromatic rings. The van der Waals surface area contributed by atoms with Crippen LogP contribution in [0.3, 0.4) is 0 Å². The van der Waals surface area contributed by atoms with Gasteiger partial charge in [-0.25, -0.2) is 4.79 Å². The van der Waals surface area contributed by atoms with Crippen molar-refractivity contribution in [1.82, 2.24) is 10.6 Å². The molecular weight excluding hydrogens is 316 g/mol. The van der Waals surface area contributed by atoms with Crippen LogP contribution in [-0.2, 0) is 11.2 Å². The molecule has 2 aliphatic rings. The second-order valence-corrected chi connectivity index (χ2v) is 5.47. The van der Waals surface area contributed by atoms with E-state index in [9.17, 15) is 9.59 Å². The zero-order chi connectivity index (χ0) is 18.3. The molecule has 5 heteroatoms. The van der Waals surface area contributed by atoms with E-state index >= 15 is 0 Å². The molecule has 0 aromatic heterocycles. The van der Waals surface area contributed by atoms with E-state index in [1.54, 1.807) is 0 Å². The Hall–Kier alpha value is -2.66. The number of rotatable bonds is 4. The summed E-state index contributed by atoms with van der Waals surface area (Å²) in [5.41, 5.74) is 2.97. The molecule has 0 aliphatic heterocycles. The summed E-state index contributed by atoms with van der Waals surface area (Å²) in [4.78, 5) is 21.2. The van der Waals surface area contributed by atoms with Gasteiger partial charge < -0.3 is 10.4 Å². The van der Waals surface area contributed by atoms with Crippen molar-refractivity contribution in [3.63, 3.8) is 0 Å². The number of imide groups is 1. The fourth-order valence-electron chi connectivity index (χ4n) is 1.93. The predicted octanol–water partition coefficient (Wildman–Crippen LogP) is 2.88. The van der Waals surface area contributed by atoms with Gasteiger partial charge in [0.15, 0.2) is 0 Å². The lowest BCUT2D eigenvalue weighted by Crippen LogP contribution is -2.41. The molecule has 2 bridgehead atoms. The van der Waals surface area contributed by atoms with Crippen molar-refractivity contribution in [2.45, 2.75) is 26.2 Å². The Bertz CT molecular complexity index is 578. The van der Waals surface area contributed by atoms with Crippen molar-refractivity contribution in [2.75, 3.05) is 13.2 Å². The highest BCUT2D eigenvalue weighted by Gasteiger charge is 2.04. The van der Waals surface area contributed by atoms with Gasteiger partial charge in [0.25, 0.3) is 5.91 Å². The monoisotopic (exact) mass is 342 g/mol. The molecule has 25 heavy (non-hydrogen) atoms. The van der Waals surface area contributed by atoms with E-state index in [-0.39, 0.29) is 0 Å². The first-order valence-electron chi connectivity index (χ1n) is 8.42. The molecule has 0 saturated heterocycles. The van der Waals surface area contributed by atoms with Gasteiger partial charge in [-0.2, -0.15) is 0 Å². The van der Waals surface area contributed by atoms with Crippen molar-refractivity contribution >= 4 is 11.9 Å². The van der Waals surface area contributed by atoms with Gasteiger partial charge in [0, 0.05) is 6.54 Å². The number of unbranched alkanes of at least 4 members (excludes halogenated alkanes) is 1. The number of fused-ring (bicyclic) bond motifs is 2. The van der Waals surface area contributed by atoms with Crippen LogP contribution in [0.1, 0.15) is 30.9 Å². The Morgan fingerprint density at radius 3 is 1.84 bits per heavy atom. The number of nitrogens with one attached hydrogen (secondary N) is 2. The SMILES string of the molecule is CCCCNC(=O)NC(=O)CO.c1cc2cc(c1)C2.c1ccccc1. The van der Waals surface area contributed by atoms with Crippen molar-refractivity contribution < 1.29 is 14.7 Å². The zero-order valence-electron chi connectivity index (χ0n) is 14.6. The highest BCUT2D eigenvalue weighted by molar-refractivity contribution is 5.94. The van der Waals surface area contributed by atoms with Crippen molar-refractivity contribution in [3.05, 3.63) is 71.8 Å². The maximum absolute atomic E-state index is 10.7. The summed E-state index contributed by atoms with van der Waals surface area (Å²) in [6, 6.07) is 20.1. The second kappa shape index (κ2) is 12.7. The number of benzene rings is 2. The third kappa shape index (κ3) is 9.94. The van der Waals surface area contributed by atoms with E-state index in [1.165, 1.54) is 17.5 Å². The van der Waals surface area contributed by atoms with Gasteiger partial charge in [-0.1, -0.05) is 74.0 Å². The van der Waals surface area contributed by atoms with Crippen LogP contribution in [0.25, 0.3) is 0 Å². The number of urea groups is 1. The predicted molar refractivity (Wildman–Crippen MR) is 99.2 cm³/mol. The van der Waals surface area contributed by atoms with Crippen LogP contribution in [0.15, 0.2) is 60.7 Å². The number of amides is 3. The van der Waals surface area contributed by atoms with Crippen molar-refractivity contribution in [2.24, 2.45) is 0 Å². The third-order valence-corrected chi connectivity index (χ3v) is 3.28. The number of aliphatic hydroxyl groups is 1. The number of hydrogen-bond acceptors (Lipinski definition) is 3. The van der Waals surface area contributed by atoms with Crippen molar-refractivity contribution in [3.8, 4) is 0 Å². The van der Waals surface area contributed by atoms with Gasteiger partial charge in [0.05, 0.1) is 0 Å². The van der Waals surface area contributed by atoms with Crippen LogP contribution in [0, 0.1) is 0 Å². The Labute approximate surface area is 149 Å². The fourth-order valence-corrected chi connectivity index (χ4v) is 1.93. The average molecular weight is 342 g/mol. The van der Waals surface area contributed by atoms with Crippen molar-refractivity contribution in [1.29, 1.82) is 0 Å². The Balaban J connectivity index is 0.000000201. The topological polar surface area (TPSA) is 78.4 Å². The molecule has 0 spiro atoms. The minimum atomic E-state index is -0.691. The lowest BCUT2D eigenvalue weighted by atomic mass is 9.94. The van der Waals surface area contributed by atoms with Gasteiger partial charge in [-0.05, 0) is 24.0 Å². The molecule has 0 atom stereocenters. The standard InChI is InChI=1S/C7H14N2O3.C7H6.C6H6/c1-2-3-4-8-7(12)9-6(11)5-10;1-2-6-4-7(3-1)5-6;1-2-4-6-5-3-1/h10H,2-5H2,1H3,(H2,8,9,11,12);1-4H,5H2;1-6H. The van der Waals surface area contributed by atoms with Crippen LogP contribution in [0.5, 0.6) is 0 Å². The molecule has 0 heterocycles. The largest absolute Gasteiger partial charge is 0.387 e. The number of hydrogen-bond donors (Lipinski definition) is 3. The highest BCUT2D eigenvalue weighted by Crippen LogP contribution is 2.18. The minimum absolute atomic E-state index is 0.543. The summed E-state index contributed by atoms with van der Waals surface area (Å²) in [6.07, 6.45) is 3.07. The van der Waals surface area contributed by atoms with E-state index in [0.717, 1.165) is 12.8 Å². The first-order valence-corrected chi connectivity index (χ1v) is 8.42. The van der Waals surface area contributed by atoms with Gasteiger partial charge >= 0.3 is 6.03 Å². The zero-order valence-corrected chi connectivity index (χ0v) is 14.6. The van der Waals surface area contributed by atoms with Gasteiger partial charge in [0.1, 0.15) is 6.61 Å². The lowest BCUT2D eigenvalue weighted by molar-refractivity contribution is -0.122. The normalized spacial score (nSPS) is 10.0. The van der Waals surface area contributed by atoms with Crippen LogP contribution in [0.4, 0.5) is 4.79 Å². The summed E-state index contributed by atoms with van der Waals surface area (Å²) in [5, 5.41) is 12.7. The Morgan fingerprint density at radius 1 is 1.00 bits per heavy atom. The molecule has 5 nitrogen and oxygen atoms in total. The molecular formula is C20H26N2O3. The number of carbonyl (C=O) groups excluding carboxylic acids is 2. The molecule has 2 aliphatic carbocycles. The molecule has 3 amide bonds. The quantitative estimate of drug-likeness (QED) is 0.638. The van der Waals surface area contributed by atoms with E-state index in [2.05, 4.69) is 29.6 Å². The number of carbonyl (C=O) groups is 2. The highest BCUT2D eigenvalue weighted by atomic mass is 16.3. The fraction of sp³-hybridized carbons (Fsp3) is 0.300. The van der Waals surface area contributed by atoms with Gasteiger partial charge in [0.2, 0.25) is 0 Å². The van der Waals surface area contributed by atoms with Crippen LogP contribution < -0.4 is 10.6 Å². The molecule has 0 fully saturated rings. The summed E-state index contributed by atoms with van der Waals surface area (Å²) in [6.45, 7) is 1.88. The molecule has 0 unspecified atom stereocenters. The Morgan fingerprint density at radius 2 is 1.52 bits per heavy atom.